The van der Waals surface area contributed by atoms with Crippen molar-refractivity contribution in [2.45, 2.75) is 6.92 Å². The summed E-state index contributed by atoms with van der Waals surface area (Å²) in [5.41, 5.74) is 4.09. The predicted molar refractivity (Wildman–Crippen MR) is 112 cm³/mol. The summed E-state index contributed by atoms with van der Waals surface area (Å²) < 4.78 is 1.70. The van der Waals surface area contributed by atoms with Gasteiger partial charge < -0.3 is 0 Å². The molecular weight excluding hydrogens is 346 g/mol. The Balaban J connectivity index is 1.89. The van der Waals surface area contributed by atoms with E-state index in [1.807, 2.05) is 91.0 Å². The van der Waals surface area contributed by atoms with Crippen molar-refractivity contribution in [2.24, 2.45) is 4.99 Å². The SMILES string of the molecule is CC(=O)c1cn(-c2ccccc2)nc1N=C(c1ccccc1)c1ccccc1. The number of hydrogen-bond donors (Lipinski definition) is 0. The van der Waals surface area contributed by atoms with Crippen molar-refractivity contribution in [3.05, 3.63) is 114 Å². The molecule has 0 unspecified atom stereocenters. The molecule has 4 nitrogen and oxygen atoms in total. The molecule has 0 aliphatic heterocycles. The van der Waals surface area contributed by atoms with E-state index in [2.05, 4.69) is 5.10 Å². The zero-order valence-electron chi connectivity index (χ0n) is 15.5. The van der Waals surface area contributed by atoms with Crippen molar-refractivity contribution in [1.82, 2.24) is 9.78 Å². The number of ketones is 1. The fraction of sp³-hybridized carbons (Fsp3) is 0.0417. The maximum atomic E-state index is 12.2. The number of para-hydroxylation sites is 1. The standard InChI is InChI=1S/C24H19N3O/c1-18(28)22-17-27(21-15-9-4-10-16-21)26-24(22)25-23(19-11-5-2-6-12-19)20-13-7-3-8-14-20/h2-17H,1H3. The first kappa shape index (κ1) is 17.6. The Labute approximate surface area is 163 Å². The Hall–Kier alpha value is -3.79. The van der Waals surface area contributed by atoms with Crippen LogP contribution in [0.3, 0.4) is 0 Å². The largest absolute Gasteiger partial charge is 0.294 e. The van der Waals surface area contributed by atoms with Gasteiger partial charge in [-0.2, -0.15) is 0 Å². The van der Waals surface area contributed by atoms with E-state index in [4.69, 9.17) is 4.99 Å². The molecule has 3 aromatic carbocycles. The molecule has 0 bridgehead atoms. The van der Waals surface area contributed by atoms with Gasteiger partial charge in [0.15, 0.2) is 11.6 Å². The van der Waals surface area contributed by atoms with Gasteiger partial charge in [0.25, 0.3) is 0 Å². The van der Waals surface area contributed by atoms with Gasteiger partial charge in [0, 0.05) is 17.3 Å². The molecule has 28 heavy (non-hydrogen) atoms. The van der Waals surface area contributed by atoms with Crippen molar-refractivity contribution in [1.29, 1.82) is 0 Å². The average molecular weight is 365 g/mol. The van der Waals surface area contributed by atoms with E-state index in [9.17, 15) is 4.79 Å². The van der Waals surface area contributed by atoms with Crippen LogP contribution in [0.2, 0.25) is 0 Å². The van der Waals surface area contributed by atoms with Crippen LogP contribution in [0.5, 0.6) is 0 Å². The minimum absolute atomic E-state index is 0.0681. The van der Waals surface area contributed by atoms with E-state index < -0.39 is 0 Å². The molecule has 0 fully saturated rings. The predicted octanol–water partition coefficient (Wildman–Crippen LogP) is 5.24. The average Bonchev–Trinajstić information content (AvgIpc) is 3.18. The number of aliphatic imine (C=N–C) groups is 1. The van der Waals surface area contributed by atoms with Gasteiger partial charge in [0.1, 0.15) is 0 Å². The second kappa shape index (κ2) is 7.84. The smallest absolute Gasteiger partial charge is 0.185 e. The molecule has 0 saturated carbocycles. The first-order valence-electron chi connectivity index (χ1n) is 9.08. The second-order valence-corrected chi connectivity index (χ2v) is 6.40. The third-order valence-electron chi connectivity index (χ3n) is 4.41. The Morgan fingerprint density at radius 3 is 1.79 bits per heavy atom. The maximum Gasteiger partial charge on any atom is 0.185 e. The number of aromatic nitrogens is 2. The Bertz CT molecular complexity index is 1070. The van der Waals surface area contributed by atoms with Gasteiger partial charge in [-0.05, 0) is 19.1 Å². The van der Waals surface area contributed by atoms with E-state index in [1.54, 1.807) is 10.9 Å². The Morgan fingerprint density at radius 1 is 0.786 bits per heavy atom. The van der Waals surface area contributed by atoms with E-state index in [0.29, 0.717) is 11.4 Å². The van der Waals surface area contributed by atoms with Crippen LogP contribution < -0.4 is 0 Å². The molecule has 1 aromatic heterocycles. The molecule has 4 heteroatoms. The lowest BCUT2D eigenvalue weighted by Gasteiger charge is -2.07. The lowest BCUT2D eigenvalue weighted by molar-refractivity contribution is 0.101. The lowest BCUT2D eigenvalue weighted by atomic mass is 10.0. The molecule has 4 rings (SSSR count). The highest BCUT2D eigenvalue weighted by molar-refractivity contribution is 6.14. The molecular formula is C24H19N3O. The van der Waals surface area contributed by atoms with Crippen LogP contribution in [-0.2, 0) is 0 Å². The van der Waals surface area contributed by atoms with E-state index in [0.717, 1.165) is 22.5 Å². The molecule has 1 heterocycles. The third kappa shape index (κ3) is 3.67. The van der Waals surface area contributed by atoms with Gasteiger partial charge in [-0.1, -0.05) is 78.9 Å². The highest BCUT2D eigenvalue weighted by Crippen LogP contribution is 2.23. The molecule has 0 N–H and O–H groups in total. The van der Waals surface area contributed by atoms with Gasteiger partial charge in [-0.25, -0.2) is 9.67 Å². The highest BCUT2D eigenvalue weighted by Gasteiger charge is 2.16. The summed E-state index contributed by atoms with van der Waals surface area (Å²) in [5, 5.41) is 4.60. The molecule has 136 valence electrons. The van der Waals surface area contributed by atoms with Gasteiger partial charge in [0.2, 0.25) is 0 Å². The summed E-state index contributed by atoms with van der Waals surface area (Å²) >= 11 is 0. The zero-order chi connectivity index (χ0) is 19.3. The summed E-state index contributed by atoms with van der Waals surface area (Å²) in [5.74, 6) is 0.348. The van der Waals surface area contributed by atoms with Crippen molar-refractivity contribution in [3.8, 4) is 5.69 Å². The van der Waals surface area contributed by atoms with Crippen molar-refractivity contribution in [3.63, 3.8) is 0 Å². The normalized spacial score (nSPS) is 10.5. The van der Waals surface area contributed by atoms with Crippen LogP contribution in [0.25, 0.3) is 5.69 Å². The molecule has 0 spiro atoms. The van der Waals surface area contributed by atoms with Crippen molar-refractivity contribution in [2.75, 3.05) is 0 Å². The fourth-order valence-corrected chi connectivity index (χ4v) is 3.00. The molecule has 4 aromatic rings. The monoisotopic (exact) mass is 365 g/mol. The molecule has 0 aliphatic carbocycles. The van der Waals surface area contributed by atoms with Crippen molar-refractivity contribution < 1.29 is 4.79 Å². The molecule has 0 amide bonds. The number of nitrogens with zero attached hydrogens (tertiary/aromatic N) is 3. The van der Waals surface area contributed by atoms with Crippen LogP contribution in [0.4, 0.5) is 5.82 Å². The molecule has 0 aliphatic rings. The number of carbonyl (C=O) groups excluding carboxylic acids is 1. The Kier molecular flexibility index (Phi) is 4.93. The number of benzene rings is 3. The van der Waals surface area contributed by atoms with Crippen molar-refractivity contribution >= 4 is 17.3 Å². The fourth-order valence-electron chi connectivity index (χ4n) is 3.00. The van der Waals surface area contributed by atoms with E-state index >= 15 is 0 Å². The summed E-state index contributed by atoms with van der Waals surface area (Å²) in [4.78, 5) is 17.1. The topological polar surface area (TPSA) is 47.2 Å². The van der Waals surface area contributed by atoms with Crippen LogP contribution in [0, 0.1) is 0 Å². The number of rotatable bonds is 5. The maximum absolute atomic E-state index is 12.2. The lowest BCUT2D eigenvalue weighted by Crippen LogP contribution is -2.03. The molecule has 0 radical (unpaired) electrons. The highest BCUT2D eigenvalue weighted by atomic mass is 16.1. The van der Waals surface area contributed by atoms with Crippen LogP contribution in [0.1, 0.15) is 28.4 Å². The van der Waals surface area contributed by atoms with Gasteiger partial charge in [0.05, 0.1) is 17.0 Å². The number of hydrogen-bond acceptors (Lipinski definition) is 3. The first-order chi connectivity index (χ1) is 13.7. The summed E-state index contributed by atoms with van der Waals surface area (Å²) in [6, 6.07) is 29.6. The van der Waals surface area contributed by atoms with E-state index in [1.165, 1.54) is 6.92 Å². The Morgan fingerprint density at radius 2 is 1.29 bits per heavy atom. The second-order valence-electron chi connectivity index (χ2n) is 6.40. The van der Waals surface area contributed by atoms with Gasteiger partial charge in [-0.15, -0.1) is 5.10 Å². The van der Waals surface area contributed by atoms with Crippen LogP contribution in [0.15, 0.2) is 102 Å². The minimum Gasteiger partial charge on any atom is -0.294 e. The quantitative estimate of drug-likeness (QED) is 0.358. The van der Waals surface area contributed by atoms with Crippen LogP contribution in [-0.4, -0.2) is 21.3 Å². The molecule has 0 saturated heterocycles. The summed E-state index contributed by atoms with van der Waals surface area (Å²) in [6.45, 7) is 1.54. The van der Waals surface area contributed by atoms with E-state index in [-0.39, 0.29) is 5.78 Å². The van der Waals surface area contributed by atoms with Gasteiger partial charge in [-0.3, -0.25) is 4.79 Å². The van der Waals surface area contributed by atoms with Gasteiger partial charge >= 0.3 is 0 Å². The first-order valence-corrected chi connectivity index (χ1v) is 9.08. The summed E-state index contributed by atoms with van der Waals surface area (Å²) in [7, 11) is 0. The third-order valence-corrected chi connectivity index (χ3v) is 4.41. The number of Topliss-reactive ketones (excluding diaryl/α,β-unsaturated/α-hetero) is 1. The minimum atomic E-state index is -0.0681. The van der Waals surface area contributed by atoms with Crippen LogP contribution >= 0.6 is 0 Å². The zero-order valence-corrected chi connectivity index (χ0v) is 15.5. The number of carbonyl (C=O) groups is 1. The molecule has 0 atom stereocenters. The summed E-state index contributed by atoms with van der Waals surface area (Å²) in [6.07, 6.45) is 1.74.